The van der Waals surface area contributed by atoms with Crippen LogP contribution in [0.3, 0.4) is 0 Å². The second-order valence-electron chi connectivity index (χ2n) is 3.79. The first-order valence-corrected chi connectivity index (χ1v) is 5.37. The summed E-state index contributed by atoms with van der Waals surface area (Å²) in [5, 5.41) is 0. The van der Waals surface area contributed by atoms with Crippen molar-refractivity contribution in [3.63, 3.8) is 0 Å². The summed E-state index contributed by atoms with van der Waals surface area (Å²) in [6, 6.07) is 3.91. The molecule has 1 saturated heterocycles. The average Bonchev–Trinajstić information content (AvgIpc) is 2.29. The number of hydrogen-bond donors (Lipinski definition) is 1. The Morgan fingerprint density at radius 1 is 1.67 bits per heavy atom. The number of aromatic nitrogens is 1. The van der Waals surface area contributed by atoms with Crippen molar-refractivity contribution in [1.29, 1.82) is 0 Å². The van der Waals surface area contributed by atoms with Crippen LogP contribution in [-0.4, -0.2) is 30.8 Å². The molecule has 2 N–H and O–H groups in total. The maximum absolute atomic E-state index is 5.66. The molecule has 1 atom stereocenters. The molecule has 4 nitrogen and oxygen atoms in total. The van der Waals surface area contributed by atoms with Crippen molar-refractivity contribution in [2.75, 3.05) is 30.3 Å². The lowest BCUT2D eigenvalue weighted by molar-refractivity contribution is 0.0384. The van der Waals surface area contributed by atoms with Crippen LogP contribution in [0, 0.1) is 0 Å². The molecule has 1 aliphatic heterocycles. The second-order valence-corrected chi connectivity index (χ2v) is 3.79. The van der Waals surface area contributed by atoms with E-state index in [0.717, 1.165) is 31.8 Å². The Bertz CT molecular complexity index is 329. The zero-order valence-electron chi connectivity index (χ0n) is 9.02. The van der Waals surface area contributed by atoms with Crippen molar-refractivity contribution in [2.24, 2.45) is 0 Å². The molecule has 82 valence electrons. The molecule has 0 amide bonds. The number of ether oxygens (including phenoxy) is 1. The smallest absolute Gasteiger partial charge is 0.125 e. The van der Waals surface area contributed by atoms with Crippen molar-refractivity contribution in [3.8, 4) is 0 Å². The number of anilines is 2. The quantitative estimate of drug-likeness (QED) is 0.793. The Balaban J connectivity index is 2.09. The summed E-state index contributed by atoms with van der Waals surface area (Å²) in [7, 11) is 0. The first-order valence-electron chi connectivity index (χ1n) is 5.37. The number of nitrogen functional groups attached to an aromatic ring is 1. The van der Waals surface area contributed by atoms with Gasteiger partial charge in [0.1, 0.15) is 5.82 Å². The van der Waals surface area contributed by atoms with Gasteiger partial charge in [-0.1, -0.05) is 6.92 Å². The first kappa shape index (κ1) is 10.2. The summed E-state index contributed by atoms with van der Waals surface area (Å²) >= 11 is 0. The summed E-state index contributed by atoms with van der Waals surface area (Å²) in [5.41, 5.74) is 6.81. The van der Waals surface area contributed by atoms with E-state index in [9.17, 15) is 0 Å². The monoisotopic (exact) mass is 207 g/mol. The maximum Gasteiger partial charge on any atom is 0.125 e. The third-order valence-electron chi connectivity index (χ3n) is 2.72. The van der Waals surface area contributed by atoms with Crippen LogP contribution in [0.5, 0.6) is 0 Å². The van der Waals surface area contributed by atoms with Crippen molar-refractivity contribution in [2.45, 2.75) is 19.4 Å². The highest BCUT2D eigenvalue weighted by Gasteiger charge is 2.19. The fourth-order valence-corrected chi connectivity index (χ4v) is 1.83. The van der Waals surface area contributed by atoms with Crippen LogP contribution in [0.4, 0.5) is 11.5 Å². The third kappa shape index (κ3) is 2.39. The van der Waals surface area contributed by atoms with E-state index in [1.54, 1.807) is 6.20 Å². The van der Waals surface area contributed by atoms with Crippen LogP contribution < -0.4 is 10.6 Å². The number of pyridine rings is 1. The molecule has 2 heterocycles. The van der Waals surface area contributed by atoms with Gasteiger partial charge in [0, 0.05) is 31.0 Å². The largest absolute Gasteiger partial charge is 0.384 e. The fourth-order valence-electron chi connectivity index (χ4n) is 1.83. The summed E-state index contributed by atoms with van der Waals surface area (Å²) in [6.45, 7) is 4.82. The summed E-state index contributed by atoms with van der Waals surface area (Å²) in [5.74, 6) is 0.576. The van der Waals surface area contributed by atoms with Crippen molar-refractivity contribution < 1.29 is 4.74 Å². The Morgan fingerprint density at radius 3 is 3.27 bits per heavy atom. The highest BCUT2D eigenvalue weighted by molar-refractivity contribution is 5.52. The minimum atomic E-state index is 0.341. The van der Waals surface area contributed by atoms with Crippen molar-refractivity contribution >= 4 is 11.5 Å². The highest BCUT2D eigenvalue weighted by atomic mass is 16.5. The second kappa shape index (κ2) is 4.49. The molecule has 0 bridgehead atoms. The van der Waals surface area contributed by atoms with E-state index in [-0.39, 0.29) is 0 Å². The Labute approximate surface area is 90.0 Å². The molecule has 0 aliphatic carbocycles. The molecule has 0 radical (unpaired) electrons. The number of morpholine rings is 1. The molecule has 2 rings (SSSR count). The van der Waals surface area contributed by atoms with Crippen LogP contribution in [0.15, 0.2) is 18.3 Å². The van der Waals surface area contributed by atoms with Gasteiger partial charge in [0.2, 0.25) is 0 Å². The summed E-state index contributed by atoms with van der Waals surface area (Å²) in [6.07, 6.45) is 3.14. The molecule has 1 aromatic heterocycles. The number of nitrogens with two attached hydrogens (primary N) is 1. The van der Waals surface area contributed by atoms with Crippen LogP contribution in [-0.2, 0) is 4.74 Å². The molecular weight excluding hydrogens is 190 g/mol. The number of rotatable bonds is 2. The predicted octanol–water partition coefficient (Wildman–Crippen LogP) is 1.28. The van der Waals surface area contributed by atoms with E-state index >= 15 is 0 Å². The van der Waals surface area contributed by atoms with Gasteiger partial charge in [-0.3, -0.25) is 0 Å². The van der Waals surface area contributed by atoms with Crippen LogP contribution in [0.25, 0.3) is 0 Å². The van der Waals surface area contributed by atoms with Crippen molar-refractivity contribution in [1.82, 2.24) is 4.98 Å². The van der Waals surface area contributed by atoms with E-state index in [1.165, 1.54) is 0 Å². The Kier molecular flexibility index (Phi) is 3.06. The van der Waals surface area contributed by atoms with E-state index in [2.05, 4.69) is 16.8 Å². The molecular formula is C11H17N3O. The van der Waals surface area contributed by atoms with Crippen LogP contribution >= 0.6 is 0 Å². The zero-order valence-corrected chi connectivity index (χ0v) is 9.02. The lowest BCUT2D eigenvalue weighted by Crippen LogP contribution is -2.42. The molecule has 15 heavy (non-hydrogen) atoms. The van der Waals surface area contributed by atoms with E-state index in [4.69, 9.17) is 10.5 Å². The first-order chi connectivity index (χ1) is 7.29. The van der Waals surface area contributed by atoms with Crippen molar-refractivity contribution in [3.05, 3.63) is 18.3 Å². The lowest BCUT2D eigenvalue weighted by Gasteiger charge is -2.34. The minimum Gasteiger partial charge on any atom is -0.384 e. The molecule has 1 aromatic rings. The van der Waals surface area contributed by atoms with E-state index < -0.39 is 0 Å². The van der Waals surface area contributed by atoms with E-state index in [0.29, 0.717) is 11.9 Å². The summed E-state index contributed by atoms with van der Waals surface area (Å²) < 4.78 is 5.62. The fraction of sp³-hybridized carbons (Fsp3) is 0.545. The molecule has 0 spiro atoms. The molecule has 0 saturated carbocycles. The normalized spacial score (nSPS) is 21.7. The van der Waals surface area contributed by atoms with Gasteiger partial charge in [-0.25, -0.2) is 4.98 Å². The number of nitrogens with zero attached hydrogens (tertiary/aromatic N) is 2. The van der Waals surface area contributed by atoms with Gasteiger partial charge >= 0.3 is 0 Å². The van der Waals surface area contributed by atoms with Gasteiger partial charge in [0.05, 0.1) is 12.7 Å². The number of hydrogen-bond acceptors (Lipinski definition) is 4. The predicted molar refractivity (Wildman–Crippen MR) is 60.9 cm³/mol. The molecule has 4 heteroatoms. The molecule has 1 unspecified atom stereocenters. The SMILES string of the molecule is CCC1CN(c2ccnc(N)c2)CCO1. The van der Waals surface area contributed by atoms with Gasteiger partial charge in [-0.2, -0.15) is 0 Å². The van der Waals surface area contributed by atoms with Crippen LogP contribution in [0.2, 0.25) is 0 Å². The molecule has 1 aliphatic rings. The van der Waals surface area contributed by atoms with Gasteiger partial charge in [0.15, 0.2) is 0 Å². The topological polar surface area (TPSA) is 51.4 Å². The summed E-state index contributed by atoms with van der Waals surface area (Å²) in [4.78, 5) is 6.30. The Hall–Kier alpha value is -1.29. The van der Waals surface area contributed by atoms with Gasteiger partial charge in [-0.05, 0) is 12.5 Å². The standard InChI is InChI=1S/C11H17N3O/c1-2-10-8-14(5-6-15-10)9-3-4-13-11(12)7-9/h3-4,7,10H,2,5-6,8H2,1H3,(H2,12,13). The minimum absolute atomic E-state index is 0.341. The molecule has 0 aromatic carbocycles. The Morgan fingerprint density at radius 2 is 2.53 bits per heavy atom. The van der Waals surface area contributed by atoms with Gasteiger partial charge in [-0.15, -0.1) is 0 Å². The van der Waals surface area contributed by atoms with E-state index in [1.807, 2.05) is 12.1 Å². The highest BCUT2D eigenvalue weighted by Crippen LogP contribution is 2.19. The third-order valence-corrected chi connectivity index (χ3v) is 2.72. The van der Waals surface area contributed by atoms with Crippen LogP contribution in [0.1, 0.15) is 13.3 Å². The maximum atomic E-state index is 5.66. The molecule has 1 fully saturated rings. The zero-order chi connectivity index (χ0) is 10.7. The van der Waals surface area contributed by atoms with Gasteiger partial charge in [0.25, 0.3) is 0 Å². The van der Waals surface area contributed by atoms with Gasteiger partial charge < -0.3 is 15.4 Å². The lowest BCUT2D eigenvalue weighted by atomic mass is 10.2. The average molecular weight is 207 g/mol.